The Morgan fingerprint density at radius 2 is 0.757 bits per heavy atom. The van der Waals surface area contributed by atoms with Crippen LogP contribution in [0.5, 0.6) is 0 Å². The maximum absolute atomic E-state index is 12.5. The highest BCUT2D eigenvalue weighted by Gasteiger charge is 2.12. The molecule has 0 unspecified atom stereocenters. The van der Waals surface area contributed by atoms with Crippen LogP contribution in [-0.2, 0) is 4.79 Å². The van der Waals surface area contributed by atoms with Crippen molar-refractivity contribution in [2.24, 2.45) is 11.8 Å². The minimum Gasteiger partial charge on any atom is -0.356 e. The van der Waals surface area contributed by atoms with Crippen molar-refractivity contribution in [1.29, 1.82) is 0 Å². The van der Waals surface area contributed by atoms with E-state index in [1.807, 2.05) is 0 Å². The van der Waals surface area contributed by atoms with E-state index in [1.54, 1.807) is 0 Å². The molecule has 0 radical (unpaired) electrons. The lowest BCUT2D eigenvalue weighted by atomic mass is 9.89. The highest BCUT2D eigenvalue weighted by atomic mass is 16.1. The first-order valence-electron chi connectivity index (χ1n) is 17.4. The molecule has 0 saturated heterocycles. The van der Waals surface area contributed by atoms with Gasteiger partial charge in [-0.05, 0) is 24.7 Å². The van der Waals surface area contributed by atoms with Gasteiger partial charge in [-0.3, -0.25) is 4.79 Å². The molecule has 37 heavy (non-hydrogen) atoms. The third-order valence-corrected chi connectivity index (χ3v) is 8.50. The summed E-state index contributed by atoms with van der Waals surface area (Å²) in [5.74, 6) is 2.02. The molecule has 2 heteroatoms. The maximum Gasteiger partial charge on any atom is 0.220 e. The van der Waals surface area contributed by atoms with E-state index in [2.05, 4.69) is 33.0 Å². The van der Waals surface area contributed by atoms with Gasteiger partial charge < -0.3 is 5.32 Å². The Kier molecular flexibility index (Phi) is 29.6. The third-order valence-electron chi connectivity index (χ3n) is 8.50. The van der Waals surface area contributed by atoms with Crippen molar-refractivity contribution in [1.82, 2.24) is 5.32 Å². The lowest BCUT2D eigenvalue weighted by Gasteiger charge is -2.17. The standard InChI is InChI=1S/C35H71NO/c1-5-9-13-19-25-33(26-20-14-10-6-2)27-23-17-18-24-32-36-35(37)31-30-34(28-21-15-11-7-3)29-22-16-12-8-4/h33-34H,5-32H2,1-4H3,(H,36,37). The first-order valence-corrected chi connectivity index (χ1v) is 17.4. The lowest BCUT2D eigenvalue weighted by Crippen LogP contribution is -2.24. The summed E-state index contributed by atoms with van der Waals surface area (Å²) in [6.45, 7) is 10.1. The molecule has 1 amide bonds. The Morgan fingerprint density at radius 3 is 1.14 bits per heavy atom. The van der Waals surface area contributed by atoms with Crippen LogP contribution in [0.3, 0.4) is 0 Å². The smallest absolute Gasteiger partial charge is 0.220 e. The van der Waals surface area contributed by atoms with Gasteiger partial charge in [0.05, 0.1) is 0 Å². The fourth-order valence-corrected chi connectivity index (χ4v) is 5.87. The summed E-state index contributed by atoms with van der Waals surface area (Å²) in [6, 6.07) is 0. The predicted molar refractivity (Wildman–Crippen MR) is 167 cm³/mol. The van der Waals surface area contributed by atoms with Crippen LogP contribution in [0.1, 0.15) is 201 Å². The lowest BCUT2D eigenvalue weighted by molar-refractivity contribution is -0.121. The third kappa shape index (κ3) is 26.8. The number of amides is 1. The first-order chi connectivity index (χ1) is 18.2. The van der Waals surface area contributed by atoms with Crippen LogP contribution in [0.4, 0.5) is 0 Å². The number of nitrogens with one attached hydrogen (secondary N) is 1. The molecule has 0 bridgehead atoms. The van der Waals surface area contributed by atoms with Gasteiger partial charge in [0.2, 0.25) is 5.91 Å². The molecule has 0 atom stereocenters. The molecule has 0 spiro atoms. The van der Waals surface area contributed by atoms with E-state index in [-0.39, 0.29) is 0 Å². The van der Waals surface area contributed by atoms with Crippen molar-refractivity contribution in [2.45, 2.75) is 201 Å². The number of unbranched alkanes of at least 4 members (excludes halogenated alkanes) is 15. The van der Waals surface area contributed by atoms with Gasteiger partial charge >= 0.3 is 0 Å². The average Bonchev–Trinajstić information content (AvgIpc) is 2.90. The van der Waals surface area contributed by atoms with Crippen molar-refractivity contribution in [3.63, 3.8) is 0 Å². The number of carbonyl (C=O) groups excluding carboxylic acids is 1. The molecule has 0 fully saturated rings. The summed E-state index contributed by atoms with van der Waals surface area (Å²) >= 11 is 0. The molecule has 0 heterocycles. The van der Waals surface area contributed by atoms with Gasteiger partial charge in [-0.2, -0.15) is 0 Å². The van der Waals surface area contributed by atoms with Crippen LogP contribution in [0.2, 0.25) is 0 Å². The average molecular weight is 522 g/mol. The van der Waals surface area contributed by atoms with Gasteiger partial charge in [-0.15, -0.1) is 0 Å². The first kappa shape index (κ1) is 36.5. The number of hydrogen-bond donors (Lipinski definition) is 1. The molecule has 0 aromatic carbocycles. The largest absolute Gasteiger partial charge is 0.356 e. The van der Waals surface area contributed by atoms with Crippen LogP contribution in [0.25, 0.3) is 0 Å². The minimum atomic E-state index is 0.298. The summed E-state index contributed by atoms with van der Waals surface area (Å²) in [5, 5.41) is 3.23. The fraction of sp³-hybridized carbons (Fsp3) is 0.971. The molecular weight excluding hydrogens is 450 g/mol. The highest BCUT2D eigenvalue weighted by molar-refractivity contribution is 5.75. The molecule has 222 valence electrons. The van der Waals surface area contributed by atoms with Crippen LogP contribution in [-0.4, -0.2) is 12.5 Å². The molecule has 0 aliphatic rings. The quantitative estimate of drug-likeness (QED) is 0.0935. The zero-order valence-electron chi connectivity index (χ0n) is 26.4. The summed E-state index contributed by atoms with van der Waals surface area (Å²) in [4.78, 5) is 12.5. The van der Waals surface area contributed by atoms with E-state index in [0.29, 0.717) is 5.91 Å². The van der Waals surface area contributed by atoms with Crippen LogP contribution >= 0.6 is 0 Å². The van der Waals surface area contributed by atoms with Gasteiger partial charge in [0, 0.05) is 13.0 Å². The molecule has 0 rings (SSSR count). The summed E-state index contributed by atoms with van der Waals surface area (Å²) in [7, 11) is 0. The number of hydrogen-bond acceptors (Lipinski definition) is 1. The SMILES string of the molecule is CCCCCCC(CCCCCC)CCCCCCNC(=O)CCC(CCCCCC)CCCCCC. The molecule has 0 aromatic heterocycles. The van der Waals surface area contributed by atoms with E-state index < -0.39 is 0 Å². The molecule has 0 aliphatic carbocycles. The molecular formula is C35H71NO. The zero-order valence-corrected chi connectivity index (χ0v) is 26.4. The fourth-order valence-electron chi connectivity index (χ4n) is 5.87. The van der Waals surface area contributed by atoms with Gasteiger partial charge in [0.25, 0.3) is 0 Å². The molecule has 2 nitrogen and oxygen atoms in total. The Balaban J connectivity index is 4.00. The maximum atomic E-state index is 12.5. The second-order valence-electron chi connectivity index (χ2n) is 12.2. The Bertz CT molecular complexity index is 425. The van der Waals surface area contributed by atoms with Gasteiger partial charge in [0.1, 0.15) is 0 Å². The van der Waals surface area contributed by atoms with Crippen LogP contribution in [0, 0.1) is 11.8 Å². The second kappa shape index (κ2) is 30.0. The van der Waals surface area contributed by atoms with E-state index in [0.717, 1.165) is 37.6 Å². The van der Waals surface area contributed by atoms with Gasteiger partial charge in [0.15, 0.2) is 0 Å². The molecule has 0 aromatic rings. The Labute approximate surface area is 235 Å². The normalized spacial score (nSPS) is 11.6. The van der Waals surface area contributed by atoms with Crippen molar-refractivity contribution in [3.8, 4) is 0 Å². The van der Waals surface area contributed by atoms with Crippen LogP contribution in [0.15, 0.2) is 0 Å². The molecule has 0 aliphatic heterocycles. The summed E-state index contributed by atoms with van der Waals surface area (Å²) in [5.41, 5.74) is 0. The topological polar surface area (TPSA) is 29.1 Å². The van der Waals surface area contributed by atoms with E-state index in [9.17, 15) is 4.79 Å². The van der Waals surface area contributed by atoms with Crippen molar-refractivity contribution in [2.75, 3.05) is 6.54 Å². The molecule has 0 saturated carbocycles. The second-order valence-corrected chi connectivity index (χ2v) is 12.2. The Hall–Kier alpha value is -0.530. The van der Waals surface area contributed by atoms with Gasteiger partial charge in [-0.25, -0.2) is 0 Å². The Morgan fingerprint density at radius 1 is 0.432 bits per heavy atom. The highest BCUT2D eigenvalue weighted by Crippen LogP contribution is 2.25. The van der Waals surface area contributed by atoms with Gasteiger partial charge in [-0.1, -0.05) is 182 Å². The van der Waals surface area contributed by atoms with Crippen LogP contribution < -0.4 is 5.32 Å². The van der Waals surface area contributed by atoms with Crippen molar-refractivity contribution >= 4 is 5.91 Å². The summed E-state index contributed by atoms with van der Waals surface area (Å²) in [6.07, 6.45) is 36.0. The van der Waals surface area contributed by atoms with Crippen molar-refractivity contribution < 1.29 is 4.79 Å². The van der Waals surface area contributed by atoms with E-state index >= 15 is 0 Å². The number of rotatable bonds is 30. The van der Waals surface area contributed by atoms with E-state index in [1.165, 1.54) is 154 Å². The van der Waals surface area contributed by atoms with E-state index in [4.69, 9.17) is 0 Å². The minimum absolute atomic E-state index is 0.298. The van der Waals surface area contributed by atoms with Crippen molar-refractivity contribution in [3.05, 3.63) is 0 Å². The predicted octanol–water partition coefficient (Wildman–Crippen LogP) is 11.9. The summed E-state index contributed by atoms with van der Waals surface area (Å²) < 4.78 is 0. The zero-order chi connectivity index (χ0) is 27.2. The monoisotopic (exact) mass is 522 g/mol. The number of carbonyl (C=O) groups is 1. The molecule has 1 N–H and O–H groups in total.